The Bertz CT molecular complexity index is 700. The molecule has 1 amide bonds. The first-order chi connectivity index (χ1) is 11.0. The molecule has 0 unspecified atom stereocenters. The van der Waals surface area contributed by atoms with Crippen molar-refractivity contribution in [1.82, 2.24) is 24.5 Å². The summed E-state index contributed by atoms with van der Waals surface area (Å²) in [6, 6.07) is 0.279. The average Bonchev–Trinajstić information content (AvgIpc) is 3.06. The van der Waals surface area contributed by atoms with E-state index in [-0.39, 0.29) is 11.9 Å². The van der Waals surface area contributed by atoms with Crippen molar-refractivity contribution in [3.63, 3.8) is 0 Å². The summed E-state index contributed by atoms with van der Waals surface area (Å²) < 4.78 is 3.84. The molecule has 0 aliphatic heterocycles. The van der Waals surface area contributed by atoms with Gasteiger partial charge in [-0.1, -0.05) is 12.2 Å². The van der Waals surface area contributed by atoms with Crippen LogP contribution >= 0.6 is 0 Å². The maximum Gasteiger partial charge on any atom is 0.224 e. The molecule has 0 spiro atoms. The zero-order valence-electron chi connectivity index (χ0n) is 14.2. The van der Waals surface area contributed by atoms with E-state index in [4.69, 9.17) is 0 Å². The highest BCUT2D eigenvalue weighted by Crippen LogP contribution is 2.21. The Morgan fingerprint density at radius 3 is 2.57 bits per heavy atom. The fraction of sp³-hybridized carbons (Fsp3) is 0.471. The van der Waals surface area contributed by atoms with Crippen LogP contribution in [0.15, 0.2) is 31.5 Å². The number of aryl methyl sites for hydroxylation is 2. The van der Waals surface area contributed by atoms with Gasteiger partial charge in [-0.3, -0.25) is 14.2 Å². The van der Waals surface area contributed by atoms with E-state index >= 15 is 0 Å². The van der Waals surface area contributed by atoms with Crippen LogP contribution in [0.25, 0.3) is 11.0 Å². The number of aromatic nitrogens is 4. The van der Waals surface area contributed by atoms with Crippen LogP contribution in [0, 0.1) is 6.92 Å². The molecule has 0 N–H and O–H groups in total. The van der Waals surface area contributed by atoms with Gasteiger partial charge in [0.15, 0.2) is 0 Å². The van der Waals surface area contributed by atoms with E-state index in [0.29, 0.717) is 26.1 Å². The van der Waals surface area contributed by atoms with Gasteiger partial charge in [0.1, 0.15) is 11.0 Å². The highest BCUT2D eigenvalue weighted by atomic mass is 16.2. The predicted molar refractivity (Wildman–Crippen MR) is 92.2 cm³/mol. The van der Waals surface area contributed by atoms with Gasteiger partial charge in [-0.2, -0.15) is 10.2 Å². The van der Waals surface area contributed by atoms with E-state index in [1.807, 2.05) is 22.5 Å². The normalized spacial score (nSPS) is 11.1. The van der Waals surface area contributed by atoms with E-state index in [0.717, 1.165) is 16.7 Å². The molecular weight excluding hydrogens is 290 g/mol. The lowest BCUT2D eigenvalue weighted by Gasteiger charge is -2.19. The highest BCUT2D eigenvalue weighted by Gasteiger charge is 2.17. The topological polar surface area (TPSA) is 56.0 Å². The summed E-state index contributed by atoms with van der Waals surface area (Å²) >= 11 is 0. The number of fused-ring (bicyclic) bond motifs is 1. The van der Waals surface area contributed by atoms with Crippen LogP contribution < -0.4 is 0 Å². The Kier molecular flexibility index (Phi) is 5.36. The SMILES string of the molecule is C=CCN(CC=C)C(=O)CCn1ncc2c1c(C)nn2C(C)C. The van der Waals surface area contributed by atoms with Crippen LogP contribution in [0.4, 0.5) is 0 Å². The van der Waals surface area contributed by atoms with Crippen molar-refractivity contribution in [2.45, 2.75) is 39.8 Å². The van der Waals surface area contributed by atoms with Crippen molar-refractivity contribution in [3.05, 3.63) is 37.2 Å². The van der Waals surface area contributed by atoms with Crippen molar-refractivity contribution >= 4 is 16.9 Å². The summed E-state index contributed by atoms with van der Waals surface area (Å²) in [7, 11) is 0. The molecule has 0 fully saturated rings. The zero-order valence-corrected chi connectivity index (χ0v) is 14.2. The predicted octanol–water partition coefficient (Wildman–Crippen LogP) is 2.71. The first kappa shape index (κ1) is 17.0. The van der Waals surface area contributed by atoms with Crippen LogP contribution in [-0.4, -0.2) is 43.5 Å². The molecule has 2 rings (SSSR count). The Labute approximate surface area is 137 Å². The van der Waals surface area contributed by atoms with Crippen molar-refractivity contribution < 1.29 is 4.79 Å². The molecule has 0 saturated heterocycles. The summed E-state index contributed by atoms with van der Waals surface area (Å²) in [6.45, 7) is 15.1. The average molecular weight is 315 g/mol. The van der Waals surface area contributed by atoms with Crippen LogP contribution in [-0.2, 0) is 11.3 Å². The molecular formula is C17H25N5O. The van der Waals surface area contributed by atoms with E-state index in [2.05, 4.69) is 37.2 Å². The number of hydrogen-bond donors (Lipinski definition) is 0. The Balaban J connectivity index is 2.14. The van der Waals surface area contributed by atoms with Gasteiger partial charge < -0.3 is 4.90 Å². The van der Waals surface area contributed by atoms with Crippen molar-refractivity contribution in [3.8, 4) is 0 Å². The van der Waals surface area contributed by atoms with Crippen molar-refractivity contribution in [1.29, 1.82) is 0 Å². The molecule has 2 aromatic rings. The van der Waals surface area contributed by atoms with Gasteiger partial charge >= 0.3 is 0 Å². The van der Waals surface area contributed by atoms with Crippen molar-refractivity contribution in [2.75, 3.05) is 13.1 Å². The highest BCUT2D eigenvalue weighted by molar-refractivity contribution is 5.79. The van der Waals surface area contributed by atoms with Gasteiger partial charge in [0.05, 0.1) is 18.4 Å². The molecule has 6 heteroatoms. The second-order valence-electron chi connectivity index (χ2n) is 5.85. The third kappa shape index (κ3) is 3.52. The number of nitrogens with zero attached hydrogens (tertiary/aromatic N) is 5. The molecule has 124 valence electrons. The van der Waals surface area contributed by atoms with E-state index in [1.165, 1.54) is 0 Å². The monoisotopic (exact) mass is 315 g/mol. The number of amides is 1. The second kappa shape index (κ2) is 7.26. The molecule has 0 atom stereocenters. The lowest BCUT2D eigenvalue weighted by atomic mass is 10.3. The summed E-state index contributed by atoms with van der Waals surface area (Å²) in [5.41, 5.74) is 2.96. The van der Waals surface area contributed by atoms with Gasteiger partial charge in [0.2, 0.25) is 5.91 Å². The Hall–Kier alpha value is -2.37. The Morgan fingerprint density at radius 1 is 1.35 bits per heavy atom. The fourth-order valence-electron chi connectivity index (χ4n) is 2.69. The maximum absolute atomic E-state index is 12.3. The number of carbonyl (C=O) groups excluding carboxylic acids is 1. The van der Waals surface area contributed by atoms with E-state index in [1.54, 1.807) is 17.1 Å². The first-order valence-electron chi connectivity index (χ1n) is 7.89. The summed E-state index contributed by atoms with van der Waals surface area (Å²) in [5.74, 6) is 0.0716. The lowest BCUT2D eigenvalue weighted by molar-refractivity contribution is -0.130. The molecule has 0 radical (unpaired) electrons. The number of rotatable bonds is 8. The molecule has 23 heavy (non-hydrogen) atoms. The van der Waals surface area contributed by atoms with Gasteiger partial charge in [0, 0.05) is 25.6 Å². The standard InChI is InChI=1S/C17H25N5O/c1-6-9-20(10-7-2)16(23)8-11-21-17-14(5)19-22(13(3)4)15(17)12-18-21/h6-7,12-13H,1-2,8-11H2,3-5H3. The van der Waals surface area contributed by atoms with Gasteiger partial charge in [-0.05, 0) is 20.8 Å². The van der Waals surface area contributed by atoms with Crippen LogP contribution in [0.2, 0.25) is 0 Å². The molecule has 0 aliphatic rings. The minimum atomic E-state index is 0.0716. The van der Waals surface area contributed by atoms with Crippen molar-refractivity contribution in [2.24, 2.45) is 0 Å². The van der Waals surface area contributed by atoms with Gasteiger partial charge in [-0.15, -0.1) is 13.2 Å². The summed E-state index contributed by atoms with van der Waals surface area (Å²) in [4.78, 5) is 14.0. The molecule has 2 aromatic heterocycles. The number of carbonyl (C=O) groups is 1. The molecule has 2 heterocycles. The summed E-state index contributed by atoms with van der Waals surface area (Å²) in [5, 5.41) is 8.99. The third-order valence-corrected chi connectivity index (χ3v) is 3.75. The largest absolute Gasteiger partial charge is 0.335 e. The number of hydrogen-bond acceptors (Lipinski definition) is 3. The Morgan fingerprint density at radius 2 is 2.00 bits per heavy atom. The third-order valence-electron chi connectivity index (χ3n) is 3.75. The molecule has 6 nitrogen and oxygen atoms in total. The molecule has 0 bridgehead atoms. The van der Waals surface area contributed by atoms with Gasteiger partial charge in [-0.25, -0.2) is 0 Å². The molecule has 0 saturated carbocycles. The zero-order chi connectivity index (χ0) is 17.0. The second-order valence-corrected chi connectivity index (χ2v) is 5.85. The quantitative estimate of drug-likeness (QED) is 0.704. The fourth-order valence-corrected chi connectivity index (χ4v) is 2.69. The lowest BCUT2D eigenvalue weighted by Crippen LogP contribution is -2.32. The minimum Gasteiger partial charge on any atom is -0.335 e. The summed E-state index contributed by atoms with van der Waals surface area (Å²) in [6.07, 6.45) is 5.67. The van der Waals surface area contributed by atoms with E-state index in [9.17, 15) is 4.79 Å². The minimum absolute atomic E-state index is 0.0716. The molecule has 0 aliphatic carbocycles. The van der Waals surface area contributed by atoms with E-state index < -0.39 is 0 Å². The van der Waals surface area contributed by atoms with Crippen LogP contribution in [0.5, 0.6) is 0 Å². The molecule has 0 aromatic carbocycles. The maximum atomic E-state index is 12.3. The van der Waals surface area contributed by atoms with Gasteiger partial charge in [0.25, 0.3) is 0 Å². The van der Waals surface area contributed by atoms with Crippen LogP contribution in [0.3, 0.4) is 0 Å². The smallest absolute Gasteiger partial charge is 0.224 e. The first-order valence-corrected chi connectivity index (χ1v) is 7.89. The van der Waals surface area contributed by atoms with Crippen LogP contribution in [0.1, 0.15) is 32.0 Å².